The van der Waals surface area contributed by atoms with Crippen molar-refractivity contribution in [2.24, 2.45) is 0 Å². The fraction of sp³-hybridized carbons (Fsp3) is 0.667. The van der Waals surface area contributed by atoms with Gasteiger partial charge in [-0.1, -0.05) is 19.8 Å². The van der Waals surface area contributed by atoms with Crippen LogP contribution in [-0.4, -0.2) is 39.9 Å². The molecule has 1 unspecified atom stereocenters. The van der Waals surface area contributed by atoms with Crippen LogP contribution in [0.5, 0.6) is 0 Å². The van der Waals surface area contributed by atoms with Gasteiger partial charge in [0, 0.05) is 25.2 Å². The quantitative estimate of drug-likeness (QED) is 0.918. The fourth-order valence-electron chi connectivity index (χ4n) is 2.34. The molecule has 0 spiro atoms. The molecular weight excluding hydrogens is 252 g/mol. The summed E-state index contributed by atoms with van der Waals surface area (Å²) < 4.78 is 0. The second-order valence-electron chi connectivity index (χ2n) is 5.45. The first-order valence-corrected chi connectivity index (χ1v) is 7.58. The maximum Gasteiger partial charge on any atom is 0.272 e. The van der Waals surface area contributed by atoms with Gasteiger partial charge in [0.15, 0.2) is 0 Å². The molecule has 1 aliphatic rings. The van der Waals surface area contributed by atoms with Crippen LogP contribution in [0.2, 0.25) is 0 Å². The van der Waals surface area contributed by atoms with Crippen molar-refractivity contribution >= 4 is 11.7 Å². The van der Waals surface area contributed by atoms with Crippen molar-refractivity contribution in [3.05, 3.63) is 18.1 Å². The number of amides is 1. The molecule has 0 aliphatic carbocycles. The van der Waals surface area contributed by atoms with E-state index in [2.05, 4.69) is 29.1 Å². The summed E-state index contributed by atoms with van der Waals surface area (Å²) >= 11 is 0. The van der Waals surface area contributed by atoms with Crippen molar-refractivity contribution in [3.63, 3.8) is 0 Å². The van der Waals surface area contributed by atoms with Gasteiger partial charge < -0.3 is 10.2 Å². The molecule has 1 atom stereocenters. The molecule has 1 fully saturated rings. The van der Waals surface area contributed by atoms with E-state index in [1.54, 1.807) is 6.07 Å². The highest BCUT2D eigenvalue weighted by Crippen LogP contribution is 2.14. The lowest BCUT2D eigenvalue weighted by Crippen LogP contribution is -2.32. The molecule has 0 aromatic carbocycles. The minimum atomic E-state index is 0.0292. The number of hydrogen-bond acceptors (Lipinski definition) is 4. The van der Waals surface area contributed by atoms with E-state index in [4.69, 9.17) is 0 Å². The average Bonchev–Trinajstić information content (AvgIpc) is 2.75. The monoisotopic (exact) mass is 276 g/mol. The minimum absolute atomic E-state index is 0.0292. The number of nitrogens with one attached hydrogen (secondary N) is 1. The second kappa shape index (κ2) is 7.22. The van der Waals surface area contributed by atoms with E-state index >= 15 is 0 Å². The molecule has 0 radical (unpaired) electrons. The highest BCUT2D eigenvalue weighted by molar-refractivity contribution is 5.92. The van der Waals surface area contributed by atoms with E-state index < -0.39 is 0 Å². The van der Waals surface area contributed by atoms with E-state index in [1.165, 1.54) is 19.2 Å². The van der Waals surface area contributed by atoms with Gasteiger partial charge in [0.1, 0.15) is 17.8 Å². The smallest absolute Gasteiger partial charge is 0.272 e. The second-order valence-corrected chi connectivity index (χ2v) is 5.45. The predicted molar refractivity (Wildman–Crippen MR) is 79.8 cm³/mol. The summed E-state index contributed by atoms with van der Waals surface area (Å²) in [6.07, 6.45) is 7.10. The maximum atomic E-state index is 12.5. The van der Waals surface area contributed by atoms with Crippen LogP contribution in [0.3, 0.4) is 0 Å². The molecule has 2 rings (SSSR count). The lowest BCUT2D eigenvalue weighted by atomic mass is 10.2. The molecule has 5 nitrogen and oxygen atoms in total. The van der Waals surface area contributed by atoms with Crippen molar-refractivity contribution in [2.45, 2.75) is 52.0 Å². The van der Waals surface area contributed by atoms with Gasteiger partial charge in [-0.15, -0.1) is 0 Å². The first kappa shape index (κ1) is 14.8. The third-order valence-electron chi connectivity index (χ3n) is 3.79. The summed E-state index contributed by atoms with van der Waals surface area (Å²) in [6, 6.07) is 2.10. The summed E-state index contributed by atoms with van der Waals surface area (Å²) in [4.78, 5) is 22.7. The van der Waals surface area contributed by atoms with Gasteiger partial charge >= 0.3 is 0 Å². The summed E-state index contributed by atoms with van der Waals surface area (Å²) in [5.41, 5.74) is 0.493. The number of likely N-dealkylation sites (tertiary alicyclic amines) is 1. The zero-order chi connectivity index (χ0) is 14.4. The lowest BCUT2D eigenvalue weighted by molar-refractivity contribution is 0.0755. The zero-order valence-corrected chi connectivity index (χ0v) is 12.4. The normalized spacial score (nSPS) is 17.4. The summed E-state index contributed by atoms with van der Waals surface area (Å²) in [6.45, 7) is 5.90. The van der Waals surface area contributed by atoms with Crippen LogP contribution >= 0.6 is 0 Å². The highest BCUT2D eigenvalue weighted by atomic mass is 16.2. The summed E-state index contributed by atoms with van der Waals surface area (Å²) in [5, 5.41) is 3.28. The minimum Gasteiger partial charge on any atom is -0.368 e. The van der Waals surface area contributed by atoms with Crippen LogP contribution in [0, 0.1) is 0 Å². The SMILES string of the molecule is CCC(C)Nc1cc(C(=O)N2CCCCCC2)ncn1. The highest BCUT2D eigenvalue weighted by Gasteiger charge is 2.19. The van der Waals surface area contributed by atoms with Gasteiger partial charge in [-0.2, -0.15) is 0 Å². The summed E-state index contributed by atoms with van der Waals surface area (Å²) in [5.74, 6) is 0.758. The zero-order valence-electron chi connectivity index (χ0n) is 12.4. The number of aromatic nitrogens is 2. The van der Waals surface area contributed by atoms with Crippen molar-refractivity contribution < 1.29 is 4.79 Å². The van der Waals surface area contributed by atoms with Gasteiger partial charge in [0.25, 0.3) is 5.91 Å². The van der Waals surface area contributed by atoms with Crippen LogP contribution in [0.1, 0.15) is 56.4 Å². The molecule has 1 aromatic rings. The van der Waals surface area contributed by atoms with E-state index in [1.807, 2.05) is 4.90 Å². The lowest BCUT2D eigenvalue weighted by Gasteiger charge is -2.20. The van der Waals surface area contributed by atoms with Crippen molar-refractivity contribution in [3.8, 4) is 0 Å². The van der Waals surface area contributed by atoms with Crippen molar-refractivity contribution in [1.29, 1.82) is 0 Å². The van der Waals surface area contributed by atoms with E-state index in [9.17, 15) is 4.79 Å². The maximum absolute atomic E-state index is 12.5. The van der Waals surface area contributed by atoms with Gasteiger partial charge in [-0.3, -0.25) is 4.79 Å². The Morgan fingerprint density at radius 1 is 1.30 bits per heavy atom. The number of carbonyl (C=O) groups excluding carboxylic acids is 1. The molecule has 5 heteroatoms. The molecule has 110 valence electrons. The average molecular weight is 276 g/mol. The Morgan fingerprint density at radius 2 is 2.00 bits per heavy atom. The predicted octanol–water partition coefficient (Wildman–Crippen LogP) is 2.70. The Balaban J connectivity index is 2.07. The fourth-order valence-corrected chi connectivity index (χ4v) is 2.34. The molecule has 0 saturated carbocycles. The molecule has 2 heterocycles. The molecule has 1 N–H and O–H groups in total. The van der Waals surface area contributed by atoms with Gasteiger partial charge in [-0.05, 0) is 26.2 Å². The Bertz CT molecular complexity index is 441. The number of hydrogen-bond donors (Lipinski definition) is 1. The molecule has 0 bridgehead atoms. The summed E-state index contributed by atoms with van der Waals surface area (Å²) in [7, 11) is 0. The first-order valence-electron chi connectivity index (χ1n) is 7.58. The van der Waals surface area contributed by atoms with Gasteiger partial charge in [0.05, 0.1) is 0 Å². The van der Waals surface area contributed by atoms with Gasteiger partial charge in [0.2, 0.25) is 0 Å². The number of anilines is 1. The topological polar surface area (TPSA) is 58.1 Å². The van der Waals surface area contributed by atoms with E-state index in [0.717, 1.165) is 38.2 Å². The molecule has 1 aromatic heterocycles. The Labute approximate surface area is 120 Å². The van der Waals surface area contributed by atoms with Crippen molar-refractivity contribution in [2.75, 3.05) is 18.4 Å². The Morgan fingerprint density at radius 3 is 2.65 bits per heavy atom. The Hall–Kier alpha value is -1.65. The van der Waals surface area contributed by atoms with E-state index in [0.29, 0.717) is 11.7 Å². The number of rotatable bonds is 4. The van der Waals surface area contributed by atoms with Crippen LogP contribution in [-0.2, 0) is 0 Å². The van der Waals surface area contributed by atoms with Crippen LogP contribution in [0.15, 0.2) is 12.4 Å². The van der Waals surface area contributed by atoms with Crippen LogP contribution < -0.4 is 5.32 Å². The standard InChI is InChI=1S/C15H24N4O/c1-3-12(2)18-14-10-13(16-11-17-14)15(20)19-8-6-4-5-7-9-19/h10-12H,3-9H2,1-2H3,(H,16,17,18). The Kier molecular flexibility index (Phi) is 5.32. The van der Waals surface area contributed by atoms with Gasteiger partial charge in [-0.25, -0.2) is 9.97 Å². The molecule has 20 heavy (non-hydrogen) atoms. The van der Waals surface area contributed by atoms with E-state index in [-0.39, 0.29) is 5.91 Å². The third-order valence-corrected chi connectivity index (χ3v) is 3.79. The van der Waals surface area contributed by atoms with Crippen molar-refractivity contribution in [1.82, 2.24) is 14.9 Å². The number of nitrogens with zero attached hydrogens (tertiary/aromatic N) is 3. The molecule has 1 saturated heterocycles. The third kappa shape index (κ3) is 3.92. The number of carbonyl (C=O) groups is 1. The first-order chi connectivity index (χ1) is 9.70. The molecular formula is C15H24N4O. The molecule has 1 aliphatic heterocycles. The largest absolute Gasteiger partial charge is 0.368 e. The van der Waals surface area contributed by atoms with Crippen LogP contribution in [0.4, 0.5) is 5.82 Å². The van der Waals surface area contributed by atoms with Crippen LogP contribution in [0.25, 0.3) is 0 Å². The molecule has 1 amide bonds.